The number of hydrogen-bond donors (Lipinski definition) is 1. The van der Waals surface area contributed by atoms with Crippen molar-refractivity contribution in [1.29, 1.82) is 0 Å². The molecule has 5 heteroatoms. The molecule has 1 N–H and O–H groups in total. The van der Waals surface area contributed by atoms with Gasteiger partial charge in [-0.05, 0) is 70.2 Å². The van der Waals surface area contributed by atoms with Crippen LogP contribution in [0.15, 0.2) is 28.7 Å². The highest BCUT2D eigenvalue weighted by Crippen LogP contribution is 2.26. The van der Waals surface area contributed by atoms with Crippen molar-refractivity contribution in [3.05, 3.63) is 28.7 Å². The van der Waals surface area contributed by atoms with Crippen molar-refractivity contribution in [1.82, 2.24) is 5.32 Å². The maximum Gasteiger partial charge on any atom is 0.407 e. The van der Waals surface area contributed by atoms with Gasteiger partial charge in [0, 0.05) is 28.8 Å². The summed E-state index contributed by atoms with van der Waals surface area (Å²) in [5.41, 5.74) is 1.04. The van der Waals surface area contributed by atoms with E-state index in [2.05, 4.69) is 50.4 Å². The third kappa shape index (κ3) is 6.42. The molecular weight excluding hydrogens is 356 g/mol. The normalized spacial score (nSPS) is 16.3. The average molecular weight is 383 g/mol. The topological polar surface area (TPSA) is 41.6 Å². The van der Waals surface area contributed by atoms with Gasteiger partial charge in [-0.15, -0.1) is 0 Å². The average Bonchev–Trinajstić information content (AvgIpc) is 2.47. The predicted octanol–water partition coefficient (Wildman–Crippen LogP) is 4.58. The number of alkyl carbamates (subject to hydrolysis) is 1. The largest absolute Gasteiger partial charge is 0.450 e. The second-order valence-corrected chi connectivity index (χ2v) is 8.12. The molecule has 2 rings (SSSR count). The summed E-state index contributed by atoms with van der Waals surface area (Å²) in [6.07, 6.45) is 2.94. The number of nitrogens with zero attached hydrogens (tertiary/aromatic N) is 1. The first kappa shape index (κ1) is 18.1. The SMILES string of the molecule is CC(C)(C)NC(=O)OCCC1CCN(c2ccc(Br)cc2)CC1. The highest BCUT2D eigenvalue weighted by atomic mass is 79.9. The molecule has 1 heterocycles. The van der Waals surface area contributed by atoms with E-state index in [1.807, 2.05) is 20.8 Å². The summed E-state index contributed by atoms with van der Waals surface area (Å²) in [4.78, 5) is 14.0. The molecule has 0 aromatic heterocycles. The summed E-state index contributed by atoms with van der Waals surface area (Å²) in [5, 5.41) is 2.82. The molecule has 1 amide bonds. The van der Waals surface area contributed by atoms with E-state index in [4.69, 9.17) is 4.74 Å². The molecule has 1 aliphatic heterocycles. The number of carbonyl (C=O) groups excluding carboxylic acids is 1. The van der Waals surface area contributed by atoms with Gasteiger partial charge in [0.1, 0.15) is 0 Å². The number of hydrogen-bond acceptors (Lipinski definition) is 3. The van der Waals surface area contributed by atoms with Crippen LogP contribution < -0.4 is 10.2 Å². The monoisotopic (exact) mass is 382 g/mol. The summed E-state index contributed by atoms with van der Waals surface area (Å²) in [6, 6.07) is 8.49. The Morgan fingerprint density at radius 1 is 1.26 bits per heavy atom. The van der Waals surface area contributed by atoms with E-state index in [1.165, 1.54) is 5.69 Å². The van der Waals surface area contributed by atoms with Crippen LogP contribution in [0.5, 0.6) is 0 Å². The minimum Gasteiger partial charge on any atom is -0.450 e. The van der Waals surface area contributed by atoms with Gasteiger partial charge in [0.05, 0.1) is 6.61 Å². The van der Waals surface area contributed by atoms with Crippen molar-refractivity contribution in [2.75, 3.05) is 24.6 Å². The van der Waals surface area contributed by atoms with Crippen molar-refractivity contribution in [3.63, 3.8) is 0 Å². The fraction of sp³-hybridized carbons (Fsp3) is 0.611. The molecule has 1 aromatic rings. The molecule has 1 aromatic carbocycles. The summed E-state index contributed by atoms with van der Waals surface area (Å²) in [5.74, 6) is 0.643. The van der Waals surface area contributed by atoms with Gasteiger partial charge in [-0.1, -0.05) is 15.9 Å². The molecule has 0 aliphatic carbocycles. The Bertz CT molecular complexity index is 503. The quantitative estimate of drug-likeness (QED) is 0.828. The van der Waals surface area contributed by atoms with Gasteiger partial charge >= 0.3 is 6.09 Å². The van der Waals surface area contributed by atoms with Crippen molar-refractivity contribution in [3.8, 4) is 0 Å². The number of amides is 1. The maximum absolute atomic E-state index is 11.6. The van der Waals surface area contributed by atoms with E-state index in [0.717, 1.165) is 36.8 Å². The van der Waals surface area contributed by atoms with Gasteiger partial charge in [-0.3, -0.25) is 0 Å². The molecule has 23 heavy (non-hydrogen) atoms. The van der Waals surface area contributed by atoms with Gasteiger partial charge in [0.2, 0.25) is 0 Å². The number of ether oxygens (including phenoxy) is 1. The van der Waals surface area contributed by atoms with Crippen LogP contribution in [0.2, 0.25) is 0 Å². The highest BCUT2D eigenvalue weighted by Gasteiger charge is 2.20. The number of carbonyl (C=O) groups is 1. The number of anilines is 1. The lowest BCUT2D eigenvalue weighted by Crippen LogP contribution is -2.41. The van der Waals surface area contributed by atoms with Gasteiger partial charge in [-0.2, -0.15) is 0 Å². The second kappa shape index (κ2) is 8.04. The fourth-order valence-corrected chi connectivity index (χ4v) is 3.06. The van der Waals surface area contributed by atoms with Crippen LogP contribution in [0.4, 0.5) is 10.5 Å². The first-order valence-corrected chi connectivity index (χ1v) is 9.08. The minimum atomic E-state index is -0.315. The number of piperidine rings is 1. The number of nitrogens with one attached hydrogen (secondary N) is 1. The van der Waals surface area contributed by atoms with Crippen LogP contribution >= 0.6 is 15.9 Å². The number of rotatable bonds is 4. The van der Waals surface area contributed by atoms with E-state index in [-0.39, 0.29) is 11.6 Å². The molecular formula is C18H27BrN2O2. The Hall–Kier alpha value is -1.23. The van der Waals surface area contributed by atoms with Crippen LogP contribution in [-0.4, -0.2) is 31.3 Å². The third-order valence-corrected chi connectivity index (χ3v) is 4.57. The first-order chi connectivity index (χ1) is 10.8. The lowest BCUT2D eigenvalue weighted by molar-refractivity contribution is 0.128. The van der Waals surface area contributed by atoms with Gasteiger partial charge in [0.25, 0.3) is 0 Å². The van der Waals surface area contributed by atoms with Gasteiger partial charge < -0.3 is 15.0 Å². The van der Waals surface area contributed by atoms with Crippen LogP contribution in [0.1, 0.15) is 40.0 Å². The van der Waals surface area contributed by atoms with Crippen molar-refractivity contribution in [2.24, 2.45) is 5.92 Å². The summed E-state index contributed by atoms with van der Waals surface area (Å²) in [7, 11) is 0. The van der Waals surface area contributed by atoms with Crippen LogP contribution in [0.3, 0.4) is 0 Å². The highest BCUT2D eigenvalue weighted by molar-refractivity contribution is 9.10. The van der Waals surface area contributed by atoms with Crippen LogP contribution in [-0.2, 0) is 4.74 Å². The Labute approximate surface area is 147 Å². The van der Waals surface area contributed by atoms with Gasteiger partial charge in [0.15, 0.2) is 0 Å². The van der Waals surface area contributed by atoms with E-state index < -0.39 is 0 Å². The first-order valence-electron chi connectivity index (χ1n) is 8.29. The Kier molecular flexibility index (Phi) is 6.33. The molecule has 4 nitrogen and oxygen atoms in total. The Morgan fingerprint density at radius 2 is 1.87 bits per heavy atom. The van der Waals surface area contributed by atoms with E-state index in [0.29, 0.717) is 12.5 Å². The zero-order valence-electron chi connectivity index (χ0n) is 14.3. The summed E-state index contributed by atoms with van der Waals surface area (Å²) >= 11 is 3.47. The fourth-order valence-electron chi connectivity index (χ4n) is 2.79. The molecule has 0 radical (unpaired) electrons. The molecule has 1 fully saturated rings. The minimum absolute atomic E-state index is 0.243. The molecule has 0 spiro atoms. The summed E-state index contributed by atoms with van der Waals surface area (Å²) < 4.78 is 6.39. The molecule has 0 atom stereocenters. The second-order valence-electron chi connectivity index (χ2n) is 7.21. The zero-order chi connectivity index (χ0) is 16.9. The lowest BCUT2D eigenvalue weighted by Gasteiger charge is -2.33. The predicted molar refractivity (Wildman–Crippen MR) is 97.9 cm³/mol. The van der Waals surface area contributed by atoms with Crippen LogP contribution in [0, 0.1) is 5.92 Å². The molecule has 1 aliphatic rings. The molecule has 1 saturated heterocycles. The molecule has 0 unspecified atom stereocenters. The van der Waals surface area contributed by atoms with Crippen molar-refractivity contribution >= 4 is 27.7 Å². The van der Waals surface area contributed by atoms with Crippen molar-refractivity contribution in [2.45, 2.75) is 45.6 Å². The molecule has 128 valence electrons. The lowest BCUT2D eigenvalue weighted by atomic mass is 9.93. The van der Waals surface area contributed by atoms with E-state index in [9.17, 15) is 4.79 Å². The van der Waals surface area contributed by atoms with E-state index >= 15 is 0 Å². The van der Waals surface area contributed by atoms with Gasteiger partial charge in [-0.25, -0.2) is 4.79 Å². The molecule has 0 bridgehead atoms. The number of halogens is 1. The van der Waals surface area contributed by atoms with E-state index in [1.54, 1.807) is 0 Å². The Morgan fingerprint density at radius 3 is 2.43 bits per heavy atom. The number of benzene rings is 1. The summed E-state index contributed by atoms with van der Waals surface area (Å²) in [6.45, 7) is 8.50. The zero-order valence-corrected chi connectivity index (χ0v) is 15.9. The molecule has 0 saturated carbocycles. The van der Waals surface area contributed by atoms with Crippen LogP contribution in [0.25, 0.3) is 0 Å². The Balaban J connectivity index is 1.67. The third-order valence-electron chi connectivity index (χ3n) is 4.04. The smallest absolute Gasteiger partial charge is 0.407 e. The maximum atomic E-state index is 11.6. The standard InChI is InChI=1S/C18H27BrN2O2/c1-18(2,3)20-17(22)23-13-10-14-8-11-21(12-9-14)16-6-4-15(19)5-7-16/h4-7,14H,8-13H2,1-3H3,(H,20,22). The van der Waals surface area contributed by atoms with Crippen molar-refractivity contribution < 1.29 is 9.53 Å².